The van der Waals surface area contributed by atoms with E-state index in [9.17, 15) is 4.79 Å². The van der Waals surface area contributed by atoms with Gasteiger partial charge in [0.05, 0.1) is 5.60 Å². The molecule has 0 bridgehead atoms. The molecule has 0 heterocycles. The second-order valence-corrected chi connectivity index (χ2v) is 10.4. The van der Waals surface area contributed by atoms with Crippen LogP contribution in [0.4, 0.5) is 0 Å². The molecule has 1 amide bonds. The maximum Gasteiger partial charge on any atom is 0.219 e. The van der Waals surface area contributed by atoms with Gasteiger partial charge in [-0.15, -0.1) is 0 Å². The molecule has 0 unspecified atom stereocenters. The highest BCUT2D eigenvalue weighted by Gasteiger charge is 2.26. The first kappa shape index (κ1) is 19.2. The highest BCUT2D eigenvalue weighted by atomic mass is 35.5. The summed E-state index contributed by atoms with van der Waals surface area (Å²) in [7, 11) is -0.683. The first-order valence-corrected chi connectivity index (χ1v) is 9.41. The molecule has 1 aromatic carbocycles. The minimum atomic E-state index is -0.683. The van der Waals surface area contributed by atoms with Gasteiger partial charge in [0.1, 0.15) is 0 Å². The Hall–Kier alpha value is -0.843. The Morgan fingerprint density at radius 3 is 2.45 bits per heavy atom. The molecule has 5 heteroatoms. The van der Waals surface area contributed by atoms with Gasteiger partial charge in [-0.3, -0.25) is 4.79 Å². The van der Waals surface area contributed by atoms with Crippen LogP contribution in [0.15, 0.2) is 18.2 Å². The van der Waals surface area contributed by atoms with E-state index in [1.807, 2.05) is 25.1 Å². The third-order valence-corrected chi connectivity index (χ3v) is 5.42. The summed E-state index contributed by atoms with van der Waals surface area (Å²) in [6.07, 6.45) is 0.492. The van der Waals surface area contributed by atoms with E-state index < -0.39 is 15.4 Å². The Morgan fingerprint density at radius 2 is 1.91 bits per heavy atom. The summed E-state index contributed by atoms with van der Waals surface area (Å²) in [6, 6.07) is 5.86. The normalized spacial score (nSPS) is 12.9. The smallest absolute Gasteiger partial charge is 0.219 e. The standard InChI is InChI=1S/C17H28ClNO2Si/c1-7-15(20)19-11-12-8-9-14(18)13(10-12)17(5,6)21-22-16(2,3)4/h8-10H,7,11,22H2,1-6H3,(H,19,20). The number of carbonyl (C=O) groups excluding carboxylic acids is 1. The third kappa shape index (κ3) is 6.11. The molecular formula is C17H28ClNO2Si. The quantitative estimate of drug-likeness (QED) is 0.796. The van der Waals surface area contributed by atoms with Crippen LogP contribution >= 0.6 is 11.6 Å². The maximum atomic E-state index is 11.4. The number of benzene rings is 1. The van der Waals surface area contributed by atoms with Crippen molar-refractivity contribution in [1.82, 2.24) is 5.32 Å². The average Bonchev–Trinajstić information content (AvgIpc) is 2.43. The van der Waals surface area contributed by atoms with Crippen LogP contribution in [0.1, 0.15) is 59.1 Å². The van der Waals surface area contributed by atoms with Gasteiger partial charge in [0, 0.05) is 23.6 Å². The molecule has 1 aromatic rings. The van der Waals surface area contributed by atoms with Crippen molar-refractivity contribution in [2.75, 3.05) is 0 Å². The molecule has 124 valence electrons. The fourth-order valence-electron chi connectivity index (χ4n) is 1.94. The summed E-state index contributed by atoms with van der Waals surface area (Å²) in [5.41, 5.74) is 1.60. The van der Waals surface area contributed by atoms with Gasteiger partial charge in [-0.1, -0.05) is 45.4 Å². The molecule has 0 fully saturated rings. The van der Waals surface area contributed by atoms with Crippen LogP contribution in [0.5, 0.6) is 0 Å². The first-order chi connectivity index (χ1) is 10.0. The molecule has 0 aliphatic heterocycles. The maximum absolute atomic E-state index is 11.4. The fourth-order valence-corrected chi connectivity index (χ4v) is 3.24. The van der Waals surface area contributed by atoms with Crippen LogP contribution < -0.4 is 5.32 Å². The fraction of sp³-hybridized carbons (Fsp3) is 0.588. The molecule has 22 heavy (non-hydrogen) atoms. The predicted molar refractivity (Wildman–Crippen MR) is 96.0 cm³/mol. The van der Waals surface area contributed by atoms with Crippen molar-refractivity contribution < 1.29 is 9.22 Å². The zero-order valence-electron chi connectivity index (χ0n) is 14.5. The van der Waals surface area contributed by atoms with Crippen LogP contribution in [-0.4, -0.2) is 15.7 Å². The summed E-state index contributed by atoms with van der Waals surface area (Å²) in [5.74, 6) is 0.0483. The second-order valence-electron chi connectivity index (χ2n) is 7.30. The highest BCUT2D eigenvalue weighted by molar-refractivity contribution is 6.32. The minimum absolute atomic E-state index is 0.0483. The molecule has 0 atom stereocenters. The topological polar surface area (TPSA) is 38.3 Å². The van der Waals surface area contributed by atoms with Crippen molar-refractivity contribution in [3.8, 4) is 0 Å². The predicted octanol–water partition coefficient (Wildman–Crippen LogP) is 3.92. The first-order valence-electron chi connectivity index (χ1n) is 7.75. The molecule has 0 aromatic heterocycles. The van der Waals surface area contributed by atoms with Gasteiger partial charge in [-0.2, -0.15) is 0 Å². The van der Waals surface area contributed by atoms with Gasteiger partial charge in [-0.25, -0.2) is 0 Å². The van der Waals surface area contributed by atoms with Crippen LogP contribution in [0, 0.1) is 0 Å². The average molecular weight is 342 g/mol. The van der Waals surface area contributed by atoms with Crippen LogP contribution in [0.25, 0.3) is 0 Å². The molecule has 3 nitrogen and oxygen atoms in total. The Kier molecular flexibility index (Phi) is 6.65. The van der Waals surface area contributed by atoms with E-state index in [0.29, 0.717) is 18.0 Å². The van der Waals surface area contributed by atoms with Gasteiger partial charge in [0.2, 0.25) is 5.91 Å². The molecule has 1 N–H and O–H groups in total. The second kappa shape index (κ2) is 7.62. The van der Waals surface area contributed by atoms with E-state index >= 15 is 0 Å². The molecule has 0 spiro atoms. The van der Waals surface area contributed by atoms with E-state index in [1.165, 1.54) is 0 Å². The number of rotatable bonds is 6. The van der Waals surface area contributed by atoms with Crippen LogP contribution in [-0.2, 0) is 21.4 Å². The zero-order valence-corrected chi connectivity index (χ0v) is 16.7. The Balaban J connectivity index is 2.90. The van der Waals surface area contributed by atoms with E-state index in [2.05, 4.69) is 39.9 Å². The summed E-state index contributed by atoms with van der Waals surface area (Å²) in [5, 5.41) is 3.83. The van der Waals surface area contributed by atoms with E-state index in [-0.39, 0.29) is 10.9 Å². The SMILES string of the molecule is CCC(=O)NCc1ccc(Cl)c(C(C)(C)O[SiH2]C(C)(C)C)c1. The molecule has 0 aliphatic rings. The zero-order chi connectivity index (χ0) is 17.0. The van der Waals surface area contributed by atoms with Crippen molar-refractivity contribution in [3.63, 3.8) is 0 Å². The lowest BCUT2D eigenvalue weighted by atomic mass is 9.96. The van der Waals surface area contributed by atoms with Gasteiger partial charge in [-0.05, 0) is 36.6 Å². The third-order valence-electron chi connectivity index (χ3n) is 3.36. The van der Waals surface area contributed by atoms with Crippen molar-refractivity contribution >= 4 is 27.3 Å². The van der Waals surface area contributed by atoms with Crippen molar-refractivity contribution in [2.45, 2.75) is 65.1 Å². The van der Waals surface area contributed by atoms with E-state index in [0.717, 1.165) is 11.1 Å². The largest absolute Gasteiger partial charge is 0.414 e. The van der Waals surface area contributed by atoms with Gasteiger partial charge in [0.15, 0.2) is 9.76 Å². The van der Waals surface area contributed by atoms with E-state index in [4.69, 9.17) is 16.0 Å². The van der Waals surface area contributed by atoms with Crippen molar-refractivity contribution in [1.29, 1.82) is 0 Å². The van der Waals surface area contributed by atoms with Crippen LogP contribution in [0.3, 0.4) is 0 Å². The number of halogens is 1. The molecular weight excluding hydrogens is 314 g/mol. The van der Waals surface area contributed by atoms with E-state index in [1.54, 1.807) is 0 Å². The lowest BCUT2D eigenvalue weighted by Gasteiger charge is -2.31. The molecule has 0 saturated carbocycles. The highest BCUT2D eigenvalue weighted by Crippen LogP contribution is 2.34. The number of carbonyl (C=O) groups is 1. The number of hydrogen-bond acceptors (Lipinski definition) is 2. The molecule has 0 saturated heterocycles. The van der Waals surface area contributed by atoms with Gasteiger partial charge >= 0.3 is 0 Å². The number of amides is 1. The van der Waals surface area contributed by atoms with Crippen LogP contribution in [0.2, 0.25) is 10.1 Å². The Morgan fingerprint density at radius 1 is 1.27 bits per heavy atom. The van der Waals surface area contributed by atoms with Crippen molar-refractivity contribution in [2.24, 2.45) is 0 Å². The van der Waals surface area contributed by atoms with Gasteiger partial charge < -0.3 is 9.74 Å². The Labute approximate surface area is 141 Å². The lowest BCUT2D eigenvalue weighted by molar-refractivity contribution is -0.120. The summed E-state index contributed by atoms with van der Waals surface area (Å²) in [4.78, 5) is 11.4. The lowest BCUT2D eigenvalue weighted by Crippen LogP contribution is -2.28. The number of nitrogens with one attached hydrogen (secondary N) is 1. The Bertz CT molecular complexity index is 524. The number of hydrogen-bond donors (Lipinski definition) is 1. The molecule has 0 aliphatic carbocycles. The molecule has 0 radical (unpaired) electrons. The molecule has 1 rings (SSSR count). The van der Waals surface area contributed by atoms with Gasteiger partial charge in [0.25, 0.3) is 0 Å². The van der Waals surface area contributed by atoms with Crippen molar-refractivity contribution in [3.05, 3.63) is 34.3 Å². The minimum Gasteiger partial charge on any atom is -0.414 e. The summed E-state index contributed by atoms with van der Waals surface area (Å²) < 4.78 is 6.23. The summed E-state index contributed by atoms with van der Waals surface area (Å²) >= 11 is 6.37. The summed E-state index contributed by atoms with van der Waals surface area (Å²) in [6.45, 7) is 13.1. The monoisotopic (exact) mass is 341 g/mol.